The quantitative estimate of drug-likeness (QED) is 0.783. The molecule has 0 aliphatic carbocycles. The Morgan fingerprint density at radius 2 is 1.78 bits per heavy atom. The van der Waals surface area contributed by atoms with Crippen LogP contribution in [0.25, 0.3) is 22.6 Å². The van der Waals surface area contributed by atoms with E-state index in [1.807, 2.05) is 24.3 Å². The number of likely N-dealkylation sites (N-methyl/N-ethyl adjacent to an activating group) is 1. The third-order valence-corrected chi connectivity index (χ3v) is 4.42. The molecule has 1 saturated heterocycles. The number of anilines is 1. The predicted octanol–water partition coefficient (Wildman–Crippen LogP) is 2.43. The van der Waals surface area contributed by atoms with Crippen molar-refractivity contribution in [2.75, 3.05) is 38.1 Å². The minimum absolute atomic E-state index is 0.676. The van der Waals surface area contributed by atoms with Crippen molar-refractivity contribution in [1.29, 1.82) is 0 Å². The summed E-state index contributed by atoms with van der Waals surface area (Å²) < 4.78 is 0. The smallest absolute Gasteiger partial charge is 0.183 e. The first-order valence-electron chi connectivity index (χ1n) is 7.61. The molecule has 0 saturated carbocycles. The van der Waals surface area contributed by atoms with Gasteiger partial charge in [-0.25, -0.2) is 15.0 Å². The van der Waals surface area contributed by atoms with Crippen LogP contribution in [0.4, 0.5) is 5.82 Å². The van der Waals surface area contributed by atoms with E-state index in [1.165, 1.54) is 0 Å². The molecule has 3 aromatic rings. The number of aromatic nitrogens is 4. The second-order valence-electron chi connectivity index (χ2n) is 5.77. The van der Waals surface area contributed by atoms with Crippen molar-refractivity contribution < 1.29 is 0 Å². The van der Waals surface area contributed by atoms with Crippen LogP contribution < -0.4 is 4.90 Å². The highest BCUT2D eigenvalue weighted by molar-refractivity contribution is 6.30. The molecule has 0 radical (unpaired) electrons. The van der Waals surface area contributed by atoms with Crippen LogP contribution in [0.15, 0.2) is 30.6 Å². The normalized spacial score (nSPS) is 16.2. The fourth-order valence-corrected chi connectivity index (χ4v) is 2.92. The summed E-state index contributed by atoms with van der Waals surface area (Å²) in [5, 5.41) is 0.703. The van der Waals surface area contributed by atoms with Crippen molar-refractivity contribution in [3.8, 4) is 11.4 Å². The van der Waals surface area contributed by atoms with E-state index in [9.17, 15) is 0 Å². The van der Waals surface area contributed by atoms with Crippen molar-refractivity contribution in [2.45, 2.75) is 0 Å². The minimum atomic E-state index is 0.676. The maximum atomic E-state index is 5.97. The van der Waals surface area contributed by atoms with Crippen LogP contribution in [0, 0.1) is 0 Å². The summed E-state index contributed by atoms with van der Waals surface area (Å²) in [4.78, 5) is 21.5. The zero-order valence-electron chi connectivity index (χ0n) is 12.8. The lowest BCUT2D eigenvalue weighted by molar-refractivity contribution is 0.312. The third kappa shape index (κ3) is 2.75. The Morgan fingerprint density at radius 1 is 1.04 bits per heavy atom. The standard InChI is InChI=1S/C16H17ClN6/c1-22-6-8-23(9-7-22)16-13-15(19-10-18-13)20-14(21-16)11-2-4-12(17)5-3-11/h2-5,10H,6-9H2,1H3,(H,18,19,20,21). The van der Waals surface area contributed by atoms with E-state index >= 15 is 0 Å². The maximum absolute atomic E-state index is 5.97. The minimum Gasteiger partial charge on any atom is -0.352 e. The zero-order chi connectivity index (χ0) is 15.8. The molecular formula is C16H17ClN6. The summed E-state index contributed by atoms with van der Waals surface area (Å²) >= 11 is 5.97. The lowest BCUT2D eigenvalue weighted by Gasteiger charge is -2.33. The number of fused-ring (bicyclic) bond motifs is 1. The first-order valence-corrected chi connectivity index (χ1v) is 7.99. The van der Waals surface area contributed by atoms with Gasteiger partial charge in [0.05, 0.1) is 6.33 Å². The van der Waals surface area contributed by atoms with Gasteiger partial charge >= 0.3 is 0 Å². The van der Waals surface area contributed by atoms with Crippen LogP contribution in [0.5, 0.6) is 0 Å². The van der Waals surface area contributed by atoms with Crippen LogP contribution in [-0.4, -0.2) is 58.1 Å². The largest absolute Gasteiger partial charge is 0.352 e. The van der Waals surface area contributed by atoms with Gasteiger partial charge in [-0.2, -0.15) is 0 Å². The van der Waals surface area contributed by atoms with Crippen LogP contribution in [-0.2, 0) is 0 Å². The summed E-state index contributed by atoms with van der Waals surface area (Å²) in [5.74, 6) is 1.60. The maximum Gasteiger partial charge on any atom is 0.183 e. The number of hydrogen-bond acceptors (Lipinski definition) is 5. The first-order chi connectivity index (χ1) is 11.2. The topological polar surface area (TPSA) is 60.9 Å². The zero-order valence-corrected chi connectivity index (χ0v) is 13.6. The first kappa shape index (κ1) is 14.4. The Balaban J connectivity index is 1.79. The second kappa shape index (κ2) is 5.79. The van der Waals surface area contributed by atoms with E-state index in [-0.39, 0.29) is 0 Å². The van der Waals surface area contributed by atoms with E-state index in [0.29, 0.717) is 16.5 Å². The lowest BCUT2D eigenvalue weighted by Crippen LogP contribution is -2.45. The summed E-state index contributed by atoms with van der Waals surface area (Å²) in [6.07, 6.45) is 1.67. The molecule has 1 aliphatic heterocycles. The van der Waals surface area contributed by atoms with Crippen molar-refractivity contribution >= 4 is 28.6 Å². The Labute approximate surface area is 139 Å². The summed E-state index contributed by atoms with van der Waals surface area (Å²) in [6.45, 7) is 3.94. The van der Waals surface area contributed by atoms with Gasteiger partial charge < -0.3 is 14.8 Å². The lowest BCUT2D eigenvalue weighted by atomic mass is 10.2. The molecule has 0 spiro atoms. The average molecular weight is 329 g/mol. The van der Waals surface area contributed by atoms with Gasteiger partial charge in [-0.15, -0.1) is 0 Å². The molecule has 0 unspecified atom stereocenters. The van der Waals surface area contributed by atoms with Gasteiger partial charge in [0.25, 0.3) is 0 Å². The molecule has 1 N–H and O–H groups in total. The van der Waals surface area contributed by atoms with Gasteiger partial charge in [0.1, 0.15) is 5.52 Å². The Morgan fingerprint density at radius 3 is 2.52 bits per heavy atom. The van der Waals surface area contributed by atoms with E-state index in [2.05, 4.69) is 31.8 Å². The molecule has 2 aromatic heterocycles. The molecule has 7 heteroatoms. The number of aromatic amines is 1. The van der Waals surface area contributed by atoms with Crippen LogP contribution in [0.2, 0.25) is 5.02 Å². The monoisotopic (exact) mass is 328 g/mol. The van der Waals surface area contributed by atoms with Gasteiger partial charge in [-0.3, -0.25) is 0 Å². The number of nitrogens with zero attached hydrogens (tertiary/aromatic N) is 5. The highest BCUT2D eigenvalue weighted by atomic mass is 35.5. The fourth-order valence-electron chi connectivity index (χ4n) is 2.79. The number of halogens is 1. The molecule has 0 atom stereocenters. The number of hydrogen-bond donors (Lipinski definition) is 1. The molecule has 118 valence electrons. The van der Waals surface area contributed by atoms with Crippen LogP contribution in [0.1, 0.15) is 0 Å². The van der Waals surface area contributed by atoms with Crippen LogP contribution >= 0.6 is 11.6 Å². The number of H-pyrrole nitrogens is 1. The van der Waals surface area contributed by atoms with Crippen molar-refractivity contribution in [1.82, 2.24) is 24.8 Å². The fraction of sp³-hybridized carbons (Fsp3) is 0.312. The number of piperazine rings is 1. The molecule has 4 rings (SSSR count). The highest BCUT2D eigenvalue weighted by Crippen LogP contribution is 2.26. The Bertz CT molecular complexity index is 820. The van der Waals surface area contributed by atoms with Crippen LogP contribution in [0.3, 0.4) is 0 Å². The number of nitrogens with one attached hydrogen (secondary N) is 1. The molecule has 6 nitrogen and oxygen atoms in total. The molecule has 0 bridgehead atoms. The number of imidazole rings is 1. The second-order valence-corrected chi connectivity index (χ2v) is 6.21. The molecule has 1 aromatic carbocycles. The molecular weight excluding hydrogens is 312 g/mol. The third-order valence-electron chi connectivity index (χ3n) is 4.17. The average Bonchev–Trinajstić information content (AvgIpc) is 3.04. The summed E-state index contributed by atoms with van der Waals surface area (Å²) in [5.41, 5.74) is 2.53. The van der Waals surface area contributed by atoms with E-state index in [4.69, 9.17) is 16.6 Å². The molecule has 1 aliphatic rings. The van der Waals surface area contributed by atoms with Gasteiger partial charge in [-0.05, 0) is 31.3 Å². The Kier molecular flexibility index (Phi) is 3.63. The van der Waals surface area contributed by atoms with Gasteiger partial charge in [0.2, 0.25) is 0 Å². The van der Waals surface area contributed by atoms with Gasteiger partial charge in [0, 0.05) is 36.8 Å². The highest BCUT2D eigenvalue weighted by Gasteiger charge is 2.20. The molecule has 1 fully saturated rings. The number of rotatable bonds is 2. The van der Waals surface area contributed by atoms with E-state index < -0.39 is 0 Å². The Hall–Kier alpha value is -2.18. The van der Waals surface area contributed by atoms with Crippen molar-refractivity contribution in [3.63, 3.8) is 0 Å². The van der Waals surface area contributed by atoms with Gasteiger partial charge in [0.15, 0.2) is 17.3 Å². The predicted molar refractivity (Wildman–Crippen MR) is 91.8 cm³/mol. The SMILES string of the molecule is CN1CCN(c2nc(-c3ccc(Cl)cc3)nc3nc[nH]c23)CC1. The summed E-state index contributed by atoms with van der Waals surface area (Å²) in [6, 6.07) is 7.57. The van der Waals surface area contributed by atoms with Gasteiger partial charge in [-0.1, -0.05) is 11.6 Å². The molecule has 0 amide bonds. The van der Waals surface area contributed by atoms with Crippen molar-refractivity contribution in [3.05, 3.63) is 35.6 Å². The van der Waals surface area contributed by atoms with E-state index in [1.54, 1.807) is 6.33 Å². The summed E-state index contributed by atoms with van der Waals surface area (Å²) in [7, 11) is 2.14. The molecule has 23 heavy (non-hydrogen) atoms. The number of benzene rings is 1. The van der Waals surface area contributed by atoms with E-state index in [0.717, 1.165) is 43.1 Å². The molecule has 3 heterocycles. The van der Waals surface area contributed by atoms with Crippen molar-refractivity contribution in [2.24, 2.45) is 0 Å².